The molecule has 1 aromatic heterocycles. The molecule has 0 atom stereocenters. The summed E-state index contributed by atoms with van der Waals surface area (Å²) < 4.78 is 5.37. The molecule has 1 fully saturated rings. The smallest absolute Gasteiger partial charge is 0.230 e. The van der Waals surface area contributed by atoms with Crippen molar-refractivity contribution in [3.8, 4) is 11.4 Å². The SMILES string of the molecule is Cl.Clc1ccc(-c2noc(C3CCNCC3)n2)cc1. The molecule has 1 aromatic carbocycles. The Hall–Kier alpha value is -1.10. The van der Waals surface area contributed by atoms with Crippen molar-refractivity contribution in [2.45, 2.75) is 18.8 Å². The molecule has 2 heterocycles. The second-order valence-corrected chi connectivity index (χ2v) is 4.92. The summed E-state index contributed by atoms with van der Waals surface area (Å²) in [6.07, 6.45) is 2.12. The lowest BCUT2D eigenvalue weighted by atomic mass is 9.98. The Morgan fingerprint density at radius 3 is 2.53 bits per heavy atom. The molecule has 4 nitrogen and oxygen atoms in total. The van der Waals surface area contributed by atoms with Crippen LogP contribution in [0.3, 0.4) is 0 Å². The fraction of sp³-hybridized carbons (Fsp3) is 0.385. The van der Waals surface area contributed by atoms with Crippen molar-refractivity contribution in [1.82, 2.24) is 15.5 Å². The number of nitrogens with zero attached hydrogens (tertiary/aromatic N) is 2. The van der Waals surface area contributed by atoms with Crippen LogP contribution in [0.25, 0.3) is 11.4 Å². The van der Waals surface area contributed by atoms with Crippen LogP contribution in [0.2, 0.25) is 5.02 Å². The van der Waals surface area contributed by atoms with Gasteiger partial charge < -0.3 is 9.84 Å². The predicted octanol–water partition coefficient (Wildman–Crippen LogP) is 3.28. The van der Waals surface area contributed by atoms with Gasteiger partial charge in [-0.2, -0.15) is 4.98 Å². The first-order valence-corrected chi connectivity index (χ1v) is 6.51. The van der Waals surface area contributed by atoms with E-state index in [-0.39, 0.29) is 12.4 Å². The summed E-state index contributed by atoms with van der Waals surface area (Å²) in [6.45, 7) is 2.03. The summed E-state index contributed by atoms with van der Waals surface area (Å²) in [5.41, 5.74) is 0.934. The van der Waals surface area contributed by atoms with E-state index in [9.17, 15) is 0 Å². The van der Waals surface area contributed by atoms with E-state index in [1.165, 1.54) is 0 Å². The molecule has 19 heavy (non-hydrogen) atoms. The third kappa shape index (κ3) is 3.26. The minimum Gasteiger partial charge on any atom is -0.339 e. The Labute approximate surface area is 122 Å². The lowest BCUT2D eigenvalue weighted by Gasteiger charge is -2.18. The van der Waals surface area contributed by atoms with Gasteiger partial charge in [-0.3, -0.25) is 0 Å². The number of benzene rings is 1. The Bertz CT molecular complexity index is 521. The quantitative estimate of drug-likeness (QED) is 0.924. The highest BCUT2D eigenvalue weighted by Crippen LogP contribution is 2.26. The first-order valence-electron chi connectivity index (χ1n) is 6.13. The van der Waals surface area contributed by atoms with Gasteiger partial charge in [-0.25, -0.2) is 0 Å². The van der Waals surface area contributed by atoms with Crippen molar-refractivity contribution in [1.29, 1.82) is 0 Å². The van der Waals surface area contributed by atoms with E-state index in [0.29, 0.717) is 16.8 Å². The van der Waals surface area contributed by atoms with Crippen LogP contribution in [-0.2, 0) is 0 Å². The second kappa shape index (κ2) is 6.37. The van der Waals surface area contributed by atoms with Gasteiger partial charge in [0, 0.05) is 16.5 Å². The molecule has 0 unspecified atom stereocenters. The normalized spacial score (nSPS) is 16.1. The largest absolute Gasteiger partial charge is 0.339 e. The van der Waals surface area contributed by atoms with Gasteiger partial charge in [-0.05, 0) is 50.2 Å². The lowest BCUT2D eigenvalue weighted by Crippen LogP contribution is -2.26. The minimum absolute atomic E-state index is 0. The van der Waals surface area contributed by atoms with Crippen molar-refractivity contribution in [3.05, 3.63) is 35.2 Å². The van der Waals surface area contributed by atoms with Gasteiger partial charge in [0.05, 0.1) is 0 Å². The van der Waals surface area contributed by atoms with Crippen LogP contribution in [0.1, 0.15) is 24.7 Å². The Kier molecular flexibility index (Phi) is 4.80. The molecule has 0 radical (unpaired) electrons. The van der Waals surface area contributed by atoms with E-state index >= 15 is 0 Å². The molecule has 1 saturated heterocycles. The van der Waals surface area contributed by atoms with Crippen LogP contribution < -0.4 is 5.32 Å². The van der Waals surface area contributed by atoms with Crippen LogP contribution in [-0.4, -0.2) is 23.2 Å². The summed E-state index contributed by atoms with van der Waals surface area (Å²) >= 11 is 5.85. The number of aromatic nitrogens is 2. The zero-order valence-electron chi connectivity index (χ0n) is 10.3. The Morgan fingerprint density at radius 1 is 1.16 bits per heavy atom. The maximum atomic E-state index is 5.85. The van der Waals surface area contributed by atoms with Crippen molar-refractivity contribution in [2.75, 3.05) is 13.1 Å². The molecule has 0 bridgehead atoms. The average Bonchev–Trinajstić information content (AvgIpc) is 2.90. The van der Waals surface area contributed by atoms with E-state index in [1.807, 2.05) is 24.3 Å². The summed E-state index contributed by atoms with van der Waals surface area (Å²) in [5.74, 6) is 1.78. The van der Waals surface area contributed by atoms with E-state index < -0.39 is 0 Å². The molecule has 0 aliphatic carbocycles. The molecule has 1 aliphatic heterocycles. The third-order valence-corrected chi connectivity index (χ3v) is 3.48. The van der Waals surface area contributed by atoms with Crippen LogP contribution >= 0.6 is 24.0 Å². The van der Waals surface area contributed by atoms with Gasteiger partial charge in [-0.15, -0.1) is 12.4 Å². The Balaban J connectivity index is 0.00000133. The zero-order chi connectivity index (χ0) is 12.4. The van der Waals surface area contributed by atoms with Crippen molar-refractivity contribution in [2.24, 2.45) is 0 Å². The number of nitrogens with one attached hydrogen (secondary N) is 1. The van der Waals surface area contributed by atoms with Gasteiger partial charge in [0.25, 0.3) is 0 Å². The van der Waals surface area contributed by atoms with Gasteiger partial charge >= 0.3 is 0 Å². The van der Waals surface area contributed by atoms with E-state index in [2.05, 4.69) is 15.5 Å². The minimum atomic E-state index is 0. The fourth-order valence-electron chi connectivity index (χ4n) is 2.19. The first-order chi connectivity index (χ1) is 8.83. The van der Waals surface area contributed by atoms with Gasteiger partial charge in [0.2, 0.25) is 11.7 Å². The highest BCUT2D eigenvalue weighted by atomic mass is 35.5. The molecule has 2 aromatic rings. The lowest BCUT2D eigenvalue weighted by molar-refractivity contribution is 0.320. The summed E-state index contributed by atoms with van der Waals surface area (Å²) in [7, 11) is 0. The predicted molar refractivity (Wildman–Crippen MR) is 76.8 cm³/mol. The molecule has 0 spiro atoms. The molecule has 1 aliphatic rings. The maximum Gasteiger partial charge on any atom is 0.230 e. The molecule has 1 N–H and O–H groups in total. The summed E-state index contributed by atoms with van der Waals surface area (Å²) in [4.78, 5) is 4.49. The summed E-state index contributed by atoms with van der Waals surface area (Å²) in [5, 5.41) is 8.08. The first kappa shape index (κ1) is 14.3. The van der Waals surface area contributed by atoms with Crippen molar-refractivity contribution >= 4 is 24.0 Å². The van der Waals surface area contributed by atoms with E-state index in [0.717, 1.165) is 37.4 Å². The van der Waals surface area contributed by atoms with Crippen LogP contribution in [0.5, 0.6) is 0 Å². The van der Waals surface area contributed by atoms with Crippen LogP contribution in [0.15, 0.2) is 28.8 Å². The Morgan fingerprint density at radius 2 is 1.84 bits per heavy atom. The number of rotatable bonds is 2. The zero-order valence-corrected chi connectivity index (χ0v) is 11.9. The number of hydrogen-bond donors (Lipinski definition) is 1. The highest BCUT2D eigenvalue weighted by Gasteiger charge is 2.21. The monoisotopic (exact) mass is 299 g/mol. The third-order valence-electron chi connectivity index (χ3n) is 3.23. The molecule has 6 heteroatoms. The highest BCUT2D eigenvalue weighted by molar-refractivity contribution is 6.30. The van der Waals surface area contributed by atoms with E-state index in [4.69, 9.17) is 16.1 Å². The second-order valence-electron chi connectivity index (χ2n) is 4.49. The molecule has 102 valence electrons. The maximum absolute atomic E-state index is 5.85. The molecule has 0 amide bonds. The summed E-state index contributed by atoms with van der Waals surface area (Å²) in [6, 6.07) is 7.47. The fourth-order valence-corrected chi connectivity index (χ4v) is 2.31. The van der Waals surface area contributed by atoms with Gasteiger partial charge in [0.1, 0.15) is 0 Å². The molecular weight excluding hydrogens is 285 g/mol. The van der Waals surface area contributed by atoms with Crippen molar-refractivity contribution < 1.29 is 4.52 Å². The van der Waals surface area contributed by atoms with Crippen molar-refractivity contribution in [3.63, 3.8) is 0 Å². The van der Waals surface area contributed by atoms with E-state index in [1.54, 1.807) is 0 Å². The number of hydrogen-bond acceptors (Lipinski definition) is 4. The average molecular weight is 300 g/mol. The van der Waals surface area contributed by atoms with Gasteiger partial charge in [0.15, 0.2) is 0 Å². The molecule has 3 rings (SSSR count). The van der Waals surface area contributed by atoms with Gasteiger partial charge in [-0.1, -0.05) is 16.8 Å². The number of piperidine rings is 1. The standard InChI is InChI=1S/C13H14ClN3O.ClH/c14-11-3-1-9(2-4-11)12-16-13(18-17-12)10-5-7-15-8-6-10;/h1-4,10,15H,5-8H2;1H. The van der Waals surface area contributed by atoms with Crippen LogP contribution in [0.4, 0.5) is 0 Å². The number of halogens is 2. The molecule has 0 saturated carbocycles. The molecular formula is C13H15Cl2N3O. The van der Waals surface area contributed by atoms with Crippen LogP contribution in [0, 0.1) is 0 Å². The topological polar surface area (TPSA) is 51.0 Å².